The van der Waals surface area contributed by atoms with Gasteiger partial charge in [0.05, 0.1) is 12.2 Å². The van der Waals surface area contributed by atoms with E-state index in [1.165, 1.54) is 7.11 Å². The van der Waals surface area contributed by atoms with Gasteiger partial charge in [0.15, 0.2) is 0 Å². The Kier molecular flexibility index (Phi) is 4.19. The molecule has 0 heterocycles. The second-order valence-corrected chi connectivity index (χ2v) is 5.21. The maximum absolute atomic E-state index is 12.0. The third-order valence-corrected chi connectivity index (χ3v) is 3.55. The first-order valence-electron chi connectivity index (χ1n) is 4.78. The Bertz CT molecular complexity index is 325. The molecule has 0 N–H and O–H groups in total. The number of halogens is 3. The minimum Gasteiger partial charge on any atom is -0.381 e. The summed E-state index contributed by atoms with van der Waals surface area (Å²) in [6.45, 7) is 0. The van der Waals surface area contributed by atoms with Crippen molar-refractivity contribution in [2.24, 2.45) is 0 Å². The molecular formula is C8H13F3O4S. The van der Waals surface area contributed by atoms with Crippen LogP contribution in [0.15, 0.2) is 0 Å². The Labute approximate surface area is 91.8 Å². The largest absolute Gasteiger partial charge is 0.523 e. The van der Waals surface area contributed by atoms with Crippen molar-refractivity contribution in [1.82, 2.24) is 0 Å². The summed E-state index contributed by atoms with van der Waals surface area (Å²) >= 11 is 0. The first-order chi connectivity index (χ1) is 7.26. The van der Waals surface area contributed by atoms with E-state index in [1.807, 2.05) is 0 Å². The van der Waals surface area contributed by atoms with Gasteiger partial charge in [-0.05, 0) is 19.3 Å². The quantitative estimate of drug-likeness (QED) is 0.575. The zero-order chi connectivity index (χ0) is 12.4. The van der Waals surface area contributed by atoms with Crippen molar-refractivity contribution < 1.29 is 30.5 Å². The van der Waals surface area contributed by atoms with Gasteiger partial charge in [0.1, 0.15) is 0 Å². The lowest BCUT2D eigenvalue weighted by Crippen LogP contribution is -2.34. The normalized spacial score (nSPS) is 28.0. The molecule has 0 aromatic rings. The van der Waals surface area contributed by atoms with E-state index in [1.54, 1.807) is 0 Å². The first-order valence-corrected chi connectivity index (χ1v) is 6.19. The summed E-state index contributed by atoms with van der Waals surface area (Å²) in [5.41, 5.74) is -5.35. The molecule has 0 bridgehead atoms. The van der Waals surface area contributed by atoms with Crippen LogP contribution in [0.25, 0.3) is 0 Å². The van der Waals surface area contributed by atoms with Crippen LogP contribution in [-0.2, 0) is 19.0 Å². The Morgan fingerprint density at radius 1 is 1.19 bits per heavy atom. The lowest BCUT2D eigenvalue weighted by molar-refractivity contribution is -0.0619. The van der Waals surface area contributed by atoms with Crippen LogP contribution < -0.4 is 0 Å². The van der Waals surface area contributed by atoms with Gasteiger partial charge in [-0.3, -0.25) is 4.18 Å². The highest BCUT2D eigenvalue weighted by Crippen LogP contribution is 2.30. The molecule has 16 heavy (non-hydrogen) atoms. The summed E-state index contributed by atoms with van der Waals surface area (Å²) in [7, 11) is -4.05. The molecule has 0 aliphatic heterocycles. The summed E-state index contributed by atoms with van der Waals surface area (Å²) in [6, 6.07) is 0. The van der Waals surface area contributed by atoms with Crippen LogP contribution in [0.5, 0.6) is 0 Å². The van der Waals surface area contributed by atoms with Gasteiger partial charge in [-0.25, -0.2) is 0 Å². The molecule has 2 unspecified atom stereocenters. The molecule has 1 aliphatic rings. The fraction of sp³-hybridized carbons (Fsp3) is 1.00. The first kappa shape index (κ1) is 13.7. The number of hydrogen-bond donors (Lipinski definition) is 0. The van der Waals surface area contributed by atoms with Crippen molar-refractivity contribution in [2.75, 3.05) is 7.11 Å². The van der Waals surface area contributed by atoms with E-state index in [2.05, 4.69) is 4.18 Å². The number of alkyl halides is 3. The summed E-state index contributed by atoms with van der Waals surface area (Å²) in [5, 5.41) is 0. The average Bonchev–Trinajstić information content (AvgIpc) is 2.15. The van der Waals surface area contributed by atoms with E-state index in [0.717, 1.165) is 0 Å². The van der Waals surface area contributed by atoms with Crippen LogP contribution in [0.2, 0.25) is 0 Å². The maximum Gasteiger partial charge on any atom is 0.523 e. The fourth-order valence-electron chi connectivity index (χ4n) is 1.64. The molecule has 0 spiro atoms. The van der Waals surface area contributed by atoms with Crippen LogP contribution in [0, 0.1) is 0 Å². The number of methoxy groups -OCH3 is 1. The van der Waals surface area contributed by atoms with Crippen molar-refractivity contribution in [3.63, 3.8) is 0 Å². The maximum atomic E-state index is 12.0. The van der Waals surface area contributed by atoms with Gasteiger partial charge in [-0.15, -0.1) is 0 Å². The van der Waals surface area contributed by atoms with Crippen molar-refractivity contribution in [2.45, 2.75) is 43.4 Å². The predicted molar refractivity (Wildman–Crippen MR) is 49.1 cm³/mol. The smallest absolute Gasteiger partial charge is 0.381 e. The van der Waals surface area contributed by atoms with E-state index in [0.29, 0.717) is 19.3 Å². The molecule has 0 amide bonds. The Hall–Kier alpha value is -0.340. The van der Waals surface area contributed by atoms with E-state index in [4.69, 9.17) is 4.74 Å². The van der Waals surface area contributed by atoms with Gasteiger partial charge in [0, 0.05) is 13.5 Å². The van der Waals surface area contributed by atoms with Crippen LogP contribution in [0.3, 0.4) is 0 Å². The summed E-state index contributed by atoms with van der Waals surface area (Å²) in [6.07, 6.45) is 0.604. The fourth-order valence-corrected chi connectivity index (χ4v) is 2.28. The lowest BCUT2D eigenvalue weighted by atomic mass is 9.95. The van der Waals surface area contributed by atoms with Crippen LogP contribution in [0.1, 0.15) is 25.7 Å². The third kappa shape index (κ3) is 3.33. The number of hydrogen-bond acceptors (Lipinski definition) is 4. The molecule has 0 aromatic carbocycles. The predicted octanol–water partition coefficient (Wildman–Crippen LogP) is 1.81. The third-order valence-electron chi connectivity index (χ3n) is 2.46. The molecule has 4 nitrogen and oxygen atoms in total. The van der Waals surface area contributed by atoms with Crippen molar-refractivity contribution in [3.8, 4) is 0 Å². The molecule has 1 fully saturated rings. The highest BCUT2D eigenvalue weighted by atomic mass is 32.2. The Morgan fingerprint density at radius 3 is 2.25 bits per heavy atom. The SMILES string of the molecule is COC1CCCC(OS(=O)(=O)C(F)(F)F)C1. The molecule has 1 aliphatic carbocycles. The van der Waals surface area contributed by atoms with Gasteiger partial charge in [-0.2, -0.15) is 21.6 Å². The molecule has 0 saturated heterocycles. The summed E-state index contributed by atoms with van der Waals surface area (Å²) < 4.78 is 66.6. The molecule has 8 heteroatoms. The molecule has 0 aromatic heterocycles. The van der Waals surface area contributed by atoms with Gasteiger partial charge < -0.3 is 4.74 Å². The molecular weight excluding hydrogens is 249 g/mol. The zero-order valence-corrected chi connectivity index (χ0v) is 9.47. The molecule has 0 radical (unpaired) electrons. The average molecular weight is 262 g/mol. The molecule has 96 valence electrons. The minimum absolute atomic E-state index is 0.172. The van der Waals surface area contributed by atoms with Gasteiger partial charge in [0.2, 0.25) is 0 Å². The van der Waals surface area contributed by atoms with Gasteiger partial charge in [-0.1, -0.05) is 0 Å². The van der Waals surface area contributed by atoms with Gasteiger partial charge >= 0.3 is 15.6 Å². The lowest BCUT2D eigenvalue weighted by Gasteiger charge is -2.27. The van der Waals surface area contributed by atoms with Crippen LogP contribution in [-0.4, -0.2) is 33.2 Å². The van der Waals surface area contributed by atoms with Crippen LogP contribution >= 0.6 is 0 Å². The standard InChI is InChI=1S/C8H13F3O4S/c1-14-6-3-2-4-7(5-6)15-16(12,13)8(9,10)11/h6-7H,2-5H2,1H3. The topological polar surface area (TPSA) is 52.6 Å². The Morgan fingerprint density at radius 2 is 1.75 bits per heavy atom. The van der Waals surface area contributed by atoms with Crippen LogP contribution in [0.4, 0.5) is 13.2 Å². The second kappa shape index (κ2) is 4.89. The monoisotopic (exact) mass is 262 g/mol. The van der Waals surface area contributed by atoms with Crippen molar-refractivity contribution >= 4 is 10.1 Å². The zero-order valence-electron chi connectivity index (χ0n) is 8.66. The molecule has 1 saturated carbocycles. The highest BCUT2D eigenvalue weighted by molar-refractivity contribution is 7.87. The summed E-state index contributed by atoms with van der Waals surface area (Å²) in [5.74, 6) is 0. The molecule has 1 rings (SSSR count). The van der Waals surface area contributed by atoms with Crippen molar-refractivity contribution in [1.29, 1.82) is 0 Å². The molecule has 2 atom stereocenters. The van der Waals surface area contributed by atoms with E-state index < -0.39 is 21.7 Å². The second-order valence-electron chi connectivity index (χ2n) is 3.64. The summed E-state index contributed by atoms with van der Waals surface area (Å²) in [4.78, 5) is 0. The van der Waals surface area contributed by atoms with E-state index in [9.17, 15) is 21.6 Å². The number of rotatable bonds is 3. The highest BCUT2D eigenvalue weighted by Gasteiger charge is 2.48. The van der Waals surface area contributed by atoms with E-state index in [-0.39, 0.29) is 12.5 Å². The number of ether oxygens (including phenoxy) is 1. The minimum atomic E-state index is -5.48. The van der Waals surface area contributed by atoms with Gasteiger partial charge in [0.25, 0.3) is 0 Å². The van der Waals surface area contributed by atoms with Crippen molar-refractivity contribution in [3.05, 3.63) is 0 Å². The Balaban J connectivity index is 2.61. The van der Waals surface area contributed by atoms with E-state index >= 15 is 0 Å².